The number of likely N-dealkylation sites (tertiary alicyclic amines) is 1. The first-order valence-electron chi connectivity index (χ1n) is 12.4. The summed E-state index contributed by atoms with van der Waals surface area (Å²) in [5.41, 5.74) is 1.69. The number of H-pyrrole nitrogens is 1. The average Bonchev–Trinajstić information content (AvgIpc) is 3.37. The van der Waals surface area contributed by atoms with Crippen molar-refractivity contribution in [3.63, 3.8) is 0 Å². The Labute approximate surface area is 216 Å². The maximum Gasteiger partial charge on any atom is 0.264 e. The van der Waals surface area contributed by atoms with Crippen LogP contribution in [0.2, 0.25) is 0 Å². The van der Waals surface area contributed by atoms with E-state index in [0.717, 1.165) is 42.7 Å². The van der Waals surface area contributed by atoms with Crippen molar-refractivity contribution >= 4 is 17.5 Å². The number of allylic oxidation sites excluding steroid dienone is 3. The Morgan fingerprint density at radius 3 is 2.58 bits per heavy atom. The minimum atomic E-state index is -0.593. The van der Waals surface area contributed by atoms with E-state index in [4.69, 9.17) is 21.1 Å². The molecule has 1 aliphatic heterocycles. The minimum Gasteiger partial charge on any atom is -0.506 e. The highest BCUT2D eigenvalue weighted by atomic mass is 35.5. The van der Waals surface area contributed by atoms with E-state index >= 15 is 0 Å². The molecule has 1 unspecified atom stereocenters. The number of hydrogen-bond donors (Lipinski definition) is 2. The maximum atomic E-state index is 13.6. The molecule has 1 saturated heterocycles. The van der Waals surface area contributed by atoms with Gasteiger partial charge < -0.3 is 24.5 Å². The van der Waals surface area contributed by atoms with E-state index in [0.29, 0.717) is 47.8 Å². The second-order valence-corrected chi connectivity index (χ2v) is 9.73. The first-order chi connectivity index (χ1) is 17.4. The number of halogens is 1. The van der Waals surface area contributed by atoms with E-state index in [9.17, 15) is 14.7 Å². The number of pyridine rings is 1. The Morgan fingerprint density at radius 2 is 1.94 bits per heavy atom. The van der Waals surface area contributed by atoms with Gasteiger partial charge in [-0.3, -0.25) is 9.59 Å². The smallest absolute Gasteiger partial charge is 0.264 e. The second kappa shape index (κ2) is 11.2. The van der Waals surface area contributed by atoms with Crippen LogP contribution in [0.15, 0.2) is 45.8 Å². The van der Waals surface area contributed by atoms with Gasteiger partial charge in [0.25, 0.3) is 11.5 Å². The molecule has 2 aliphatic rings. The van der Waals surface area contributed by atoms with Gasteiger partial charge in [0.2, 0.25) is 0 Å². The highest BCUT2D eigenvalue weighted by Crippen LogP contribution is 2.45. The largest absolute Gasteiger partial charge is 0.506 e. The lowest BCUT2D eigenvalue weighted by Crippen LogP contribution is -2.34. The number of hydrogen-bond acceptors (Lipinski definition) is 5. The third-order valence-electron chi connectivity index (χ3n) is 6.97. The number of rotatable bonds is 8. The fourth-order valence-corrected chi connectivity index (χ4v) is 5.33. The third kappa shape index (κ3) is 5.03. The molecule has 1 amide bonds. The Kier molecular flexibility index (Phi) is 8.09. The highest BCUT2D eigenvalue weighted by Gasteiger charge is 2.34. The Morgan fingerprint density at radius 1 is 1.22 bits per heavy atom. The number of aromatic amines is 1. The van der Waals surface area contributed by atoms with Gasteiger partial charge in [-0.15, -0.1) is 0 Å². The number of nitrogens with zero attached hydrogens (tertiary/aromatic N) is 1. The van der Waals surface area contributed by atoms with Gasteiger partial charge in [-0.25, -0.2) is 0 Å². The number of carbonyl (C=O) groups excluding carboxylic acids is 1. The monoisotopic (exact) mass is 512 g/mol. The zero-order chi connectivity index (χ0) is 25.8. The van der Waals surface area contributed by atoms with Gasteiger partial charge in [0.1, 0.15) is 22.8 Å². The summed E-state index contributed by atoms with van der Waals surface area (Å²) in [4.78, 5) is 31.3. The number of ether oxygens (including phenoxy) is 2. The van der Waals surface area contributed by atoms with Crippen molar-refractivity contribution in [3.05, 3.63) is 62.6 Å². The fourth-order valence-electron chi connectivity index (χ4n) is 5.09. The molecule has 1 fully saturated rings. The molecule has 2 aromatic rings. The van der Waals surface area contributed by atoms with Crippen molar-refractivity contribution in [2.45, 2.75) is 45.4 Å². The molecule has 1 atom stereocenters. The van der Waals surface area contributed by atoms with Crippen molar-refractivity contribution in [1.29, 1.82) is 0 Å². The summed E-state index contributed by atoms with van der Waals surface area (Å²) in [7, 11) is 3.06. The molecule has 1 aliphatic carbocycles. The number of benzene rings is 1. The molecule has 1 aromatic heterocycles. The van der Waals surface area contributed by atoms with E-state index < -0.39 is 11.5 Å². The Balaban J connectivity index is 1.77. The fraction of sp³-hybridized carbons (Fsp3) is 0.429. The highest BCUT2D eigenvalue weighted by molar-refractivity contribution is 6.29. The predicted molar refractivity (Wildman–Crippen MR) is 141 cm³/mol. The van der Waals surface area contributed by atoms with Gasteiger partial charge >= 0.3 is 0 Å². The van der Waals surface area contributed by atoms with E-state index in [1.807, 2.05) is 13.0 Å². The number of carbonyl (C=O) groups is 1. The zero-order valence-corrected chi connectivity index (χ0v) is 21.8. The molecule has 4 rings (SSSR count). The van der Waals surface area contributed by atoms with Gasteiger partial charge in [-0.1, -0.05) is 37.1 Å². The van der Waals surface area contributed by atoms with Crippen LogP contribution in [0.3, 0.4) is 0 Å². The van der Waals surface area contributed by atoms with Crippen LogP contribution in [0.5, 0.6) is 17.2 Å². The molecule has 7 nitrogen and oxygen atoms in total. The summed E-state index contributed by atoms with van der Waals surface area (Å²) < 4.78 is 11.2. The Bertz CT molecular complexity index is 1240. The van der Waals surface area contributed by atoms with Crippen LogP contribution < -0.4 is 15.0 Å². The van der Waals surface area contributed by atoms with E-state index in [2.05, 4.69) is 11.1 Å². The summed E-state index contributed by atoms with van der Waals surface area (Å²) in [6, 6.07) is 5.30. The van der Waals surface area contributed by atoms with E-state index in [1.165, 1.54) is 14.2 Å². The van der Waals surface area contributed by atoms with Crippen LogP contribution in [0.4, 0.5) is 0 Å². The predicted octanol–water partition coefficient (Wildman–Crippen LogP) is 5.41. The third-order valence-corrected chi connectivity index (χ3v) is 7.27. The minimum absolute atomic E-state index is 0.154. The summed E-state index contributed by atoms with van der Waals surface area (Å²) in [5.74, 6) is 0.270. The SMILES string of the molecule is CCCCc1[nH]c(=O)c(C(=O)N2CCC(C3=CCCC(Cl)=C3)C2)c(O)c1-c1c(OC)cccc1OC. The molecule has 0 saturated carbocycles. The van der Waals surface area contributed by atoms with Crippen molar-refractivity contribution in [2.75, 3.05) is 27.3 Å². The lowest BCUT2D eigenvalue weighted by Gasteiger charge is -2.21. The van der Waals surface area contributed by atoms with Gasteiger partial charge in [0.15, 0.2) is 0 Å². The van der Waals surface area contributed by atoms with E-state index in [-0.39, 0.29) is 17.2 Å². The molecule has 1 aromatic carbocycles. The summed E-state index contributed by atoms with van der Waals surface area (Å²) in [6.07, 6.45) is 8.88. The quantitative estimate of drug-likeness (QED) is 0.493. The number of methoxy groups -OCH3 is 2. The zero-order valence-electron chi connectivity index (χ0n) is 21.0. The number of aromatic nitrogens is 1. The first-order valence-corrected chi connectivity index (χ1v) is 12.8. The topological polar surface area (TPSA) is 91.9 Å². The van der Waals surface area contributed by atoms with Crippen molar-refractivity contribution in [3.8, 4) is 28.4 Å². The van der Waals surface area contributed by atoms with Crippen LogP contribution in [-0.2, 0) is 6.42 Å². The van der Waals surface area contributed by atoms with Crippen LogP contribution in [-0.4, -0.2) is 48.2 Å². The van der Waals surface area contributed by atoms with Crippen LogP contribution in [0, 0.1) is 5.92 Å². The summed E-state index contributed by atoms with van der Waals surface area (Å²) >= 11 is 6.24. The van der Waals surface area contributed by atoms with Crippen LogP contribution in [0.1, 0.15) is 55.1 Å². The van der Waals surface area contributed by atoms with Crippen LogP contribution >= 0.6 is 11.6 Å². The van der Waals surface area contributed by atoms with Crippen molar-refractivity contribution in [1.82, 2.24) is 9.88 Å². The lowest BCUT2D eigenvalue weighted by atomic mass is 9.93. The van der Waals surface area contributed by atoms with Crippen molar-refractivity contribution in [2.24, 2.45) is 5.92 Å². The molecule has 0 spiro atoms. The standard InChI is InChI=1S/C28H33ClN2O5/c1-4-5-10-20-23(24-21(35-2)11-7-12-22(24)36-3)26(32)25(27(33)30-20)28(34)31-14-13-18(16-31)17-8-6-9-19(29)15-17/h7-8,11-12,15,18H,4-6,9-10,13-14,16H2,1-3H3,(H2,30,32,33). The second-order valence-electron chi connectivity index (χ2n) is 9.24. The number of aromatic hydroxyl groups is 1. The number of amides is 1. The van der Waals surface area contributed by atoms with Crippen molar-refractivity contribution < 1.29 is 19.4 Å². The van der Waals surface area contributed by atoms with Gasteiger partial charge in [0, 0.05) is 29.7 Å². The molecule has 8 heteroatoms. The molecule has 0 bridgehead atoms. The van der Waals surface area contributed by atoms with E-state index in [1.54, 1.807) is 23.1 Å². The van der Waals surface area contributed by atoms with Gasteiger partial charge in [-0.05, 0) is 55.9 Å². The number of aryl methyl sites for hydroxylation is 1. The van der Waals surface area contributed by atoms with Crippen LogP contribution in [0.25, 0.3) is 11.1 Å². The summed E-state index contributed by atoms with van der Waals surface area (Å²) in [6.45, 7) is 3.01. The normalized spacial score (nSPS) is 17.6. The number of unbranched alkanes of at least 4 members (excludes halogenated alkanes) is 1. The molecule has 192 valence electrons. The lowest BCUT2D eigenvalue weighted by molar-refractivity contribution is 0.0784. The number of nitrogens with one attached hydrogen (secondary N) is 1. The molecule has 2 heterocycles. The first kappa shape index (κ1) is 25.9. The van der Waals surface area contributed by atoms with Gasteiger partial charge in [-0.2, -0.15) is 0 Å². The summed E-state index contributed by atoms with van der Waals surface area (Å²) in [5, 5.41) is 12.3. The maximum absolute atomic E-state index is 13.6. The molecular weight excluding hydrogens is 480 g/mol. The Hall–Kier alpha value is -3.19. The molecule has 36 heavy (non-hydrogen) atoms. The van der Waals surface area contributed by atoms with Gasteiger partial charge in [0.05, 0.1) is 25.3 Å². The molecule has 2 N–H and O–H groups in total. The molecular formula is C28H33ClN2O5. The molecule has 0 radical (unpaired) electrons. The average molecular weight is 513 g/mol.